The first-order valence-electron chi connectivity index (χ1n) is 7.50. The Morgan fingerprint density at radius 1 is 1.26 bits per heavy atom. The van der Waals surface area contributed by atoms with Crippen LogP contribution in [0.3, 0.4) is 0 Å². The fourth-order valence-electron chi connectivity index (χ4n) is 2.55. The van der Waals surface area contributed by atoms with E-state index in [1.807, 2.05) is 12.1 Å². The normalized spacial score (nSPS) is 18.2. The lowest BCUT2D eigenvalue weighted by molar-refractivity contribution is 0.183. The van der Waals surface area contributed by atoms with Crippen molar-refractivity contribution in [3.8, 4) is 5.75 Å². The van der Waals surface area contributed by atoms with Gasteiger partial charge in [-0.1, -0.05) is 25.5 Å². The first-order chi connectivity index (χ1) is 9.29. The van der Waals surface area contributed by atoms with Gasteiger partial charge in [-0.3, -0.25) is 4.90 Å². The van der Waals surface area contributed by atoms with E-state index in [4.69, 9.17) is 10.5 Å². The van der Waals surface area contributed by atoms with E-state index in [0.717, 1.165) is 30.9 Å². The highest BCUT2D eigenvalue weighted by molar-refractivity contribution is 5.30. The van der Waals surface area contributed by atoms with Gasteiger partial charge in [0.1, 0.15) is 12.4 Å². The number of hydrogen-bond acceptors (Lipinski definition) is 3. The van der Waals surface area contributed by atoms with Gasteiger partial charge in [-0.2, -0.15) is 0 Å². The fraction of sp³-hybridized carbons (Fsp3) is 0.625. The number of ether oxygens (including phenoxy) is 1. The second kappa shape index (κ2) is 7.51. The molecule has 2 rings (SSSR count). The summed E-state index contributed by atoms with van der Waals surface area (Å²) in [6.07, 6.45) is 5.01. The van der Waals surface area contributed by atoms with Crippen LogP contribution < -0.4 is 10.5 Å². The molecule has 0 amide bonds. The van der Waals surface area contributed by atoms with Gasteiger partial charge in [0.15, 0.2) is 0 Å². The molecule has 0 radical (unpaired) electrons. The highest BCUT2D eigenvalue weighted by Crippen LogP contribution is 2.19. The second-order valence-electron chi connectivity index (χ2n) is 5.34. The zero-order valence-corrected chi connectivity index (χ0v) is 12.0. The van der Waals surface area contributed by atoms with Gasteiger partial charge >= 0.3 is 0 Å². The van der Waals surface area contributed by atoms with Crippen LogP contribution in [-0.4, -0.2) is 31.1 Å². The summed E-state index contributed by atoms with van der Waals surface area (Å²) in [5, 5.41) is 0. The van der Waals surface area contributed by atoms with Crippen LogP contribution in [0.1, 0.15) is 44.2 Å². The lowest BCUT2D eigenvalue weighted by Gasteiger charge is -2.26. The third kappa shape index (κ3) is 4.51. The molecule has 19 heavy (non-hydrogen) atoms. The maximum absolute atomic E-state index is 6.04. The number of piperidine rings is 1. The van der Waals surface area contributed by atoms with Crippen LogP contribution >= 0.6 is 0 Å². The average molecular weight is 262 g/mol. The molecule has 2 N–H and O–H groups in total. The largest absolute Gasteiger partial charge is 0.492 e. The Kier molecular flexibility index (Phi) is 5.67. The fourth-order valence-corrected chi connectivity index (χ4v) is 2.55. The van der Waals surface area contributed by atoms with E-state index in [2.05, 4.69) is 24.0 Å². The maximum Gasteiger partial charge on any atom is 0.119 e. The third-order valence-corrected chi connectivity index (χ3v) is 3.85. The summed E-state index contributed by atoms with van der Waals surface area (Å²) >= 11 is 0. The van der Waals surface area contributed by atoms with Gasteiger partial charge in [0.25, 0.3) is 0 Å². The highest BCUT2D eigenvalue weighted by Gasteiger charge is 2.09. The molecule has 3 nitrogen and oxygen atoms in total. The van der Waals surface area contributed by atoms with Crippen LogP contribution in [0, 0.1) is 0 Å². The molecule has 1 atom stereocenters. The lowest BCUT2D eigenvalue weighted by Crippen LogP contribution is -2.33. The molecule has 1 fully saturated rings. The molecule has 106 valence electrons. The Hall–Kier alpha value is -1.06. The molecule has 3 heteroatoms. The predicted molar refractivity (Wildman–Crippen MR) is 79.4 cm³/mol. The molecule has 1 aliphatic rings. The monoisotopic (exact) mass is 262 g/mol. The van der Waals surface area contributed by atoms with Crippen LogP contribution in [0.15, 0.2) is 24.3 Å². The van der Waals surface area contributed by atoms with Crippen molar-refractivity contribution in [3.63, 3.8) is 0 Å². The third-order valence-electron chi connectivity index (χ3n) is 3.85. The van der Waals surface area contributed by atoms with Crippen LogP contribution in [0.5, 0.6) is 5.75 Å². The molecule has 0 bridgehead atoms. The SMILES string of the molecule is CCC(N)c1cccc(OCCN2CCCCC2)c1. The van der Waals surface area contributed by atoms with E-state index in [1.165, 1.54) is 32.4 Å². The molecule has 0 spiro atoms. The van der Waals surface area contributed by atoms with E-state index in [1.54, 1.807) is 0 Å². The predicted octanol–water partition coefficient (Wildman–Crippen LogP) is 2.96. The Bertz CT molecular complexity index is 375. The van der Waals surface area contributed by atoms with Crippen molar-refractivity contribution in [2.24, 2.45) is 5.73 Å². The summed E-state index contributed by atoms with van der Waals surface area (Å²) in [6.45, 7) is 6.36. The highest BCUT2D eigenvalue weighted by atomic mass is 16.5. The molecule has 1 aromatic rings. The number of nitrogens with zero attached hydrogens (tertiary/aromatic N) is 1. The first kappa shape index (κ1) is 14.4. The van der Waals surface area contributed by atoms with Crippen molar-refractivity contribution in [2.75, 3.05) is 26.2 Å². The smallest absolute Gasteiger partial charge is 0.119 e. The summed E-state index contributed by atoms with van der Waals surface area (Å²) in [5.41, 5.74) is 7.21. The molecule has 1 aromatic carbocycles. The first-order valence-corrected chi connectivity index (χ1v) is 7.50. The van der Waals surface area contributed by atoms with E-state index >= 15 is 0 Å². The maximum atomic E-state index is 6.04. The van der Waals surface area contributed by atoms with Crippen molar-refractivity contribution in [2.45, 2.75) is 38.6 Å². The standard InChI is InChI=1S/C16H26N2O/c1-2-16(17)14-7-6-8-15(13-14)19-12-11-18-9-4-3-5-10-18/h6-8,13,16H,2-5,9-12,17H2,1H3. The molecule has 1 unspecified atom stereocenters. The van der Waals surface area contributed by atoms with Crippen LogP contribution in [-0.2, 0) is 0 Å². The van der Waals surface area contributed by atoms with Crippen LogP contribution in [0.25, 0.3) is 0 Å². The number of rotatable bonds is 6. The lowest BCUT2D eigenvalue weighted by atomic mass is 10.1. The van der Waals surface area contributed by atoms with Gasteiger partial charge in [0.2, 0.25) is 0 Å². The van der Waals surface area contributed by atoms with E-state index < -0.39 is 0 Å². The molecule has 0 saturated carbocycles. The van der Waals surface area contributed by atoms with Gasteiger partial charge in [0, 0.05) is 12.6 Å². The van der Waals surface area contributed by atoms with E-state index in [9.17, 15) is 0 Å². The summed E-state index contributed by atoms with van der Waals surface area (Å²) in [4.78, 5) is 2.49. The molecule has 1 heterocycles. The molecule has 0 aliphatic carbocycles. The van der Waals surface area contributed by atoms with Crippen molar-refractivity contribution in [3.05, 3.63) is 29.8 Å². The van der Waals surface area contributed by atoms with Crippen molar-refractivity contribution >= 4 is 0 Å². The minimum Gasteiger partial charge on any atom is -0.492 e. The summed E-state index contributed by atoms with van der Waals surface area (Å²) in [6, 6.07) is 8.31. The number of benzene rings is 1. The second-order valence-corrected chi connectivity index (χ2v) is 5.34. The van der Waals surface area contributed by atoms with Gasteiger partial charge in [0.05, 0.1) is 0 Å². The Morgan fingerprint density at radius 2 is 2.05 bits per heavy atom. The zero-order valence-electron chi connectivity index (χ0n) is 12.0. The summed E-state index contributed by atoms with van der Waals surface area (Å²) in [5.74, 6) is 0.943. The molecule has 1 aliphatic heterocycles. The summed E-state index contributed by atoms with van der Waals surface area (Å²) in [7, 11) is 0. The molecular formula is C16H26N2O. The van der Waals surface area contributed by atoms with Crippen molar-refractivity contribution < 1.29 is 4.74 Å². The average Bonchev–Trinajstić information content (AvgIpc) is 2.48. The van der Waals surface area contributed by atoms with Crippen LogP contribution in [0.2, 0.25) is 0 Å². The van der Waals surface area contributed by atoms with Gasteiger partial charge < -0.3 is 10.5 Å². The molecule has 1 saturated heterocycles. The molecule has 0 aromatic heterocycles. The Morgan fingerprint density at radius 3 is 2.79 bits per heavy atom. The number of hydrogen-bond donors (Lipinski definition) is 1. The van der Waals surface area contributed by atoms with Crippen molar-refractivity contribution in [1.29, 1.82) is 0 Å². The topological polar surface area (TPSA) is 38.5 Å². The minimum absolute atomic E-state index is 0.116. The van der Waals surface area contributed by atoms with Gasteiger partial charge in [-0.05, 0) is 50.0 Å². The zero-order chi connectivity index (χ0) is 13.5. The molecular weight excluding hydrogens is 236 g/mol. The van der Waals surface area contributed by atoms with Gasteiger partial charge in [-0.15, -0.1) is 0 Å². The Labute approximate surface area is 116 Å². The number of likely N-dealkylation sites (tertiary alicyclic amines) is 1. The Balaban J connectivity index is 1.78. The quantitative estimate of drug-likeness (QED) is 0.856. The number of nitrogens with two attached hydrogens (primary N) is 1. The minimum atomic E-state index is 0.116. The van der Waals surface area contributed by atoms with Gasteiger partial charge in [-0.25, -0.2) is 0 Å². The van der Waals surface area contributed by atoms with E-state index in [-0.39, 0.29) is 6.04 Å². The van der Waals surface area contributed by atoms with Crippen molar-refractivity contribution in [1.82, 2.24) is 4.90 Å². The summed E-state index contributed by atoms with van der Waals surface area (Å²) < 4.78 is 5.85. The van der Waals surface area contributed by atoms with E-state index in [0.29, 0.717) is 0 Å². The van der Waals surface area contributed by atoms with Crippen LogP contribution in [0.4, 0.5) is 0 Å².